The Bertz CT molecular complexity index is 266. The quantitative estimate of drug-likeness (QED) is 0.647. The van der Waals surface area contributed by atoms with Crippen LogP contribution in [0.1, 0.15) is 15.9 Å². The van der Waals surface area contributed by atoms with Crippen LogP contribution in [0, 0.1) is 6.92 Å². The van der Waals surface area contributed by atoms with Crippen molar-refractivity contribution >= 4 is 5.97 Å². The Kier molecular flexibility index (Phi) is 4.46. The summed E-state index contributed by atoms with van der Waals surface area (Å²) >= 11 is 0. The SMILES string of the molecule is C=C.Cc1ccccc1C(=O)O. The lowest BCUT2D eigenvalue weighted by atomic mass is 10.1. The molecule has 0 saturated carbocycles. The van der Waals surface area contributed by atoms with Gasteiger partial charge >= 0.3 is 5.97 Å². The minimum Gasteiger partial charge on any atom is -0.478 e. The van der Waals surface area contributed by atoms with Crippen molar-refractivity contribution in [3.8, 4) is 0 Å². The second-order valence-corrected chi connectivity index (χ2v) is 2.12. The van der Waals surface area contributed by atoms with Crippen LogP contribution in [-0.2, 0) is 0 Å². The van der Waals surface area contributed by atoms with Gasteiger partial charge in [-0.3, -0.25) is 0 Å². The maximum atomic E-state index is 10.4. The predicted octanol–water partition coefficient (Wildman–Crippen LogP) is 2.50. The number of hydrogen-bond acceptors (Lipinski definition) is 1. The third-order valence-electron chi connectivity index (χ3n) is 1.38. The highest BCUT2D eigenvalue weighted by molar-refractivity contribution is 5.89. The first-order valence-electron chi connectivity index (χ1n) is 3.51. The van der Waals surface area contributed by atoms with E-state index in [1.54, 1.807) is 25.1 Å². The summed E-state index contributed by atoms with van der Waals surface area (Å²) in [6.45, 7) is 7.78. The zero-order valence-corrected chi connectivity index (χ0v) is 7.08. The van der Waals surface area contributed by atoms with Crippen molar-refractivity contribution in [3.05, 3.63) is 48.6 Å². The van der Waals surface area contributed by atoms with Crippen LogP contribution in [0.3, 0.4) is 0 Å². The van der Waals surface area contributed by atoms with Crippen molar-refractivity contribution in [1.29, 1.82) is 0 Å². The van der Waals surface area contributed by atoms with E-state index < -0.39 is 5.97 Å². The molecule has 0 aliphatic rings. The van der Waals surface area contributed by atoms with E-state index in [1.807, 2.05) is 6.07 Å². The lowest BCUT2D eigenvalue weighted by molar-refractivity contribution is 0.0696. The fourth-order valence-electron chi connectivity index (χ4n) is 0.813. The lowest BCUT2D eigenvalue weighted by Gasteiger charge is -1.96. The zero-order chi connectivity index (χ0) is 9.56. The summed E-state index contributed by atoms with van der Waals surface area (Å²) in [6.07, 6.45) is 0. The number of carboxylic acids is 1. The largest absolute Gasteiger partial charge is 0.478 e. The minimum absolute atomic E-state index is 0.377. The van der Waals surface area contributed by atoms with Gasteiger partial charge in [0.2, 0.25) is 0 Å². The van der Waals surface area contributed by atoms with E-state index in [4.69, 9.17) is 5.11 Å². The van der Waals surface area contributed by atoms with Crippen LogP contribution >= 0.6 is 0 Å². The number of carbonyl (C=O) groups is 1. The summed E-state index contributed by atoms with van der Waals surface area (Å²) in [5.41, 5.74) is 1.18. The molecular weight excluding hydrogens is 152 g/mol. The van der Waals surface area contributed by atoms with E-state index in [0.29, 0.717) is 5.56 Å². The maximum absolute atomic E-state index is 10.4. The summed E-state index contributed by atoms with van der Waals surface area (Å²) in [6, 6.07) is 6.92. The molecule has 1 aromatic rings. The summed E-state index contributed by atoms with van der Waals surface area (Å²) in [5.74, 6) is -0.863. The highest BCUT2D eigenvalue weighted by Crippen LogP contribution is 2.05. The standard InChI is InChI=1S/C8H8O2.C2H4/c1-6-4-2-3-5-7(6)8(9)10;1-2/h2-5H,1H3,(H,9,10);1-2H2. The highest BCUT2D eigenvalue weighted by Gasteiger charge is 2.02. The Hall–Kier alpha value is -1.57. The molecule has 0 radical (unpaired) electrons. The van der Waals surface area contributed by atoms with Crippen LogP contribution in [0.2, 0.25) is 0 Å². The summed E-state index contributed by atoms with van der Waals surface area (Å²) in [4.78, 5) is 10.4. The van der Waals surface area contributed by atoms with Gasteiger partial charge in [0.25, 0.3) is 0 Å². The normalized spacial score (nSPS) is 8.08. The van der Waals surface area contributed by atoms with E-state index in [9.17, 15) is 4.79 Å². The van der Waals surface area contributed by atoms with Crippen LogP contribution in [0.4, 0.5) is 0 Å². The predicted molar refractivity (Wildman–Crippen MR) is 49.4 cm³/mol. The minimum atomic E-state index is -0.863. The highest BCUT2D eigenvalue weighted by atomic mass is 16.4. The summed E-state index contributed by atoms with van der Waals surface area (Å²) < 4.78 is 0. The number of aryl methyl sites for hydroxylation is 1. The third kappa shape index (κ3) is 2.58. The topological polar surface area (TPSA) is 37.3 Å². The first-order valence-corrected chi connectivity index (χ1v) is 3.51. The molecule has 0 saturated heterocycles. The average molecular weight is 164 g/mol. The second-order valence-electron chi connectivity index (χ2n) is 2.12. The molecule has 0 aliphatic carbocycles. The van der Waals surface area contributed by atoms with E-state index in [2.05, 4.69) is 13.2 Å². The number of aromatic carboxylic acids is 1. The van der Waals surface area contributed by atoms with Gasteiger partial charge in [0, 0.05) is 0 Å². The Balaban J connectivity index is 0.000000561. The molecule has 0 aliphatic heterocycles. The van der Waals surface area contributed by atoms with Gasteiger partial charge in [0.05, 0.1) is 5.56 Å². The van der Waals surface area contributed by atoms with Crippen LogP contribution in [0.25, 0.3) is 0 Å². The Morgan fingerprint density at radius 2 is 1.83 bits per heavy atom. The average Bonchev–Trinajstić information content (AvgIpc) is 2.08. The molecule has 2 nitrogen and oxygen atoms in total. The third-order valence-corrected chi connectivity index (χ3v) is 1.38. The van der Waals surface area contributed by atoms with Gasteiger partial charge in [0.1, 0.15) is 0 Å². The molecule has 64 valence electrons. The van der Waals surface area contributed by atoms with E-state index in [-0.39, 0.29) is 0 Å². The molecular formula is C10H12O2. The molecule has 12 heavy (non-hydrogen) atoms. The molecule has 1 rings (SSSR count). The summed E-state index contributed by atoms with van der Waals surface area (Å²) in [7, 11) is 0. The van der Waals surface area contributed by atoms with Gasteiger partial charge in [-0.25, -0.2) is 4.79 Å². The van der Waals surface area contributed by atoms with Gasteiger partial charge in [-0.2, -0.15) is 0 Å². The van der Waals surface area contributed by atoms with Gasteiger partial charge in [-0.05, 0) is 18.6 Å². The second kappa shape index (κ2) is 5.13. The van der Waals surface area contributed by atoms with Crippen LogP contribution in [0.15, 0.2) is 37.4 Å². The van der Waals surface area contributed by atoms with Crippen LogP contribution in [0.5, 0.6) is 0 Å². The van der Waals surface area contributed by atoms with Crippen molar-refractivity contribution in [3.63, 3.8) is 0 Å². The van der Waals surface area contributed by atoms with E-state index >= 15 is 0 Å². The summed E-state index contributed by atoms with van der Waals surface area (Å²) in [5, 5.41) is 8.57. The fourth-order valence-corrected chi connectivity index (χ4v) is 0.813. The molecule has 0 unspecified atom stereocenters. The van der Waals surface area contributed by atoms with Crippen molar-refractivity contribution in [2.75, 3.05) is 0 Å². The van der Waals surface area contributed by atoms with Gasteiger partial charge in [0.15, 0.2) is 0 Å². The number of rotatable bonds is 1. The lowest BCUT2D eigenvalue weighted by Crippen LogP contribution is -1.97. The zero-order valence-electron chi connectivity index (χ0n) is 7.08. The first kappa shape index (κ1) is 10.4. The maximum Gasteiger partial charge on any atom is 0.335 e. The van der Waals surface area contributed by atoms with Gasteiger partial charge in [-0.1, -0.05) is 18.2 Å². The molecule has 0 aromatic heterocycles. The molecule has 0 amide bonds. The number of carboxylic acid groups (broad SMARTS) is 1. The molecule has 1 N–H and O–H groups in total. The molecule has 0 fully saturated rings. The Labute approximate surface area is 72.2 Å². The van der Waals surface area contributed by atoms with Crippen molar-refractivity contribution in [2.45, 2.75) is 6.92 Å². The first-order chi connectivity index (χ1) is 5.72. The van der Waals surface area contributed by atoms with Crippen LogP contribution in [-0.4, -0.2) is 11.1 Å². The Morgan fingerprint density at radius 3 is 2.17 bits per heavy atom. The molecule has 2 heteroatoms. The van der Waals surface area contributed by atoms with Gasteiger partial charge < -0.3 is 5.11 Å². The number of benzene rings is 1. The Morgan fingerprint density at radius 1 is 1.33 bits per heavy atom. The van der Waals surface area contributed by atoms with Crippen LogP contribution < -0.4 is 0 Å². The molecule has 0 spiro atoms. The van der Waals surface area contributed by atoms with E-state index in [1.165, 1.54) is 0 Å². The number of hydrogen-bond donors (Lipinski definition) is 1. The van der Waals surface area contributed by atoms with Gasteiger partial charge in [-0.15, -0.1) is 13.2 Å². The fraction of sp³-hybridized carbons (Fsp3) is 0.100. The monoisotopic (exact) mass is 164 g/mol. The van der Waals surface area contributed by atoms with E-state index in [0.717, 1.165) is 5.56 Å². The smallest absolute Gasteiger partial charge is 0.335 e. The van der Waals surface area contributed by atoms with Crippen molar-refractivity contribution in [2.24, 2.45) is 0 Å². The molecule has 0 heterocycles. The van der Waals surface area contributed by atoms with Crippen molar-refractivity contribution in [1.82, 2.24) is 0 Å². The van der Waals surface area contributed by atoms with Crippen molar-refractivity contribution < 1.29 is 9.90 Å². The molecule has 0 atom stereocenters. The molecule has 0 bridgehead atoms. The molecule has 1 aromatic carbocycles.